The van der Waals surface area contributed by atoms with Crippen LogP contribution in [0.3, 0.4) is 0 Å². The van der Waals surface area contributed by atoms with Gasteiger partial charge in [-0.3, -0.25) is 14.5 Å². The van der Waals surface area contributed by atoms with Crippen molar-refractivity contribution in [1.82, 2.24) is 20.1 Å². The molecule has 0 bridgehead atoms. The molecule has 1 aromatic heterocycles. The summed E-state index contributed by atoms with van der Waals surface area (Å²) in [6, 6.07) is 15.8. The van der Waals surface area contributed by atoms with E-state index in [1.165, 1.54) is 5.56 Å². The zero-order valence-corrected chi connectivity index (χ0v) is 17.6. The van der Waals surface area contributed by atoms with Crippen LogP contribution in [0.5, 0.6) is 0 Å². The highest BCUT2D eigenvalue weighted by Crippen LogP contribution is 2.22. The van der Waals surface area contributed by atoms with Gasteiger partial charge in [0.15, 0.2) is 0 Å². The number of amides is 1. The van der Waals surface area contributed by atoms with Gasteiger partial charge in [0, 0.05) is 55.9 Å². The van der Waals surface area contributed by atoms with Crippen molar-refractivity contribution in [3.05, 3.63) is 70.9 Å². The number of rotatable bonds is 6. The Morgan fingerprint density at radius 1 is 1.00 bits per heavy atom. The summed E-state index contributed by atoms with van der Waals surface area (Å²) in [7, 11) is 2.15. The van der Waals surface area contributed by atoms with E-state index in [-0.39, 0.29) is 0 Å². The van der Waals surface area contributed by atoms with Gasteiger partial charge in [-0.25, -0.2) is 0 Å². The molecular formula is C24H28N4O2. The van der Waals surface area contributed by atoms with Gasteiger partial charge in [0.1, 0.15) is 0 Å². The Hall–Kier alpha value is -2.96. The van der Waals surface area contributed by atoms with Crippen LogP contribution in [0.15, 0.2) is 48.5 Å². The molecule has 0 radical (unpaired) electrons. The summed E-state index contributed by atoms with van der Waals surface area (Å²) in [5.41, 5.74) is 4.25. The highest BCUT2D eigenvalue weighted by atomic mass is 16.2. The average Bonchev–Trinajstić information content (AvgIpc) is 3.09. The van der Waals surface area contributed by atoms with Crippen LogP contribution in [-0.2, 0) is 17.9 Å². The van der Waals surface area contributed by atoms with E-state index in [1.807, 2.05) is 43.3 Å². The lowest BCUT2D eigenvalue weighted by atomic mass is 10.1. The van der Waals surface area contributed by atoms with Gasteiger partial charge in [-0.15, -0.1) is 0 Å². The van der Waals surface area contributed by atoms with E-state index in [1.54, 1.807) is 0 Å². The van der Waals surface area contributed by atoms with Crippen molar-refractivity contribution in [2.75, 3.05) is 33.2 Å². The van der Waals surface area contributed by atoms with Gasteiger partial charge < -0.3 is 15.2 Å². The number of piperazine rings is 1. The third-order valence-corrected chi connectivity index (χ3v) is 5.77. The molecule has 6 heteroatoms. The lowest BCUT2D eigenvalue weighted by Crippen LogP contribution is -2.43. The number of aromatic nitrogens is 1. The molecule has 30 heavy (non-hydrogen) atoms. The molecule has 1 aliphatic rings. The Morgan fingerprint density at radius 3 is 2.53 bits per heavy atom. The van der Waals surface area contributed by atoms with Gasteiger partial charge in [0.05, 0.1) is 5.56 Å². The third kappa shape index (κ3) is 4.45. The van der Waals surface area contributed by atoms with Gasteiger partial charge in [-0.2, -0.15) is 0 Å². The van der Waals surface area contributed by atoms with Crippen molar-refractivity contribution >= 4 is 22.6 Å². The summed E-state index contributed by atoms with van der Waals surface area (Å²) in [6.45, 7) is 7.37. The number of nitrogens with one attached hydrogen (secondary N) is 2. The highest BCUT2D eigenvalue weighted by molar-refractivity contribution is 6.45. The molecule has 156 valence electrons. The minimum atomic E-state index is -0.577. The number of H-pyrrole nitrogens is 1. The molecule has 0 spiro atoms. The zero-order valence-electron chi connectivity index (χ0n) is 17.6. The first kappa shape index (κ1) is 20.3. The number of hydrogen-bond acceptors (Lipinski definition) is 4. The predicted octanol–water partition coefficient (Wildman–Crippen LogP) is 2.72. The molecule has 1 fully saturated rings. The quantitative estimate of drug-likeness (QED) is 0.490. The van der Waals surface area contributed by atoms with Crippen LogP contribution in [0.25, 0.3) is 10.9 Å². The van der Waals surface area contributed by atoms with Crippen molar-refractivity contribution < 1.29 is 9.59 Å². The number of benzene rings is 2. The van der Waals surface area contributed by atoms with E-state index in [4.69, 9.17) is 0 Å². The number of para-hydroxylation sites is 1. The van der Waals surface area contributed by atoms with E-state index in [9.17, 15) is 9.59 Å². The largest absolute Gasteiger partial charge is 0.358 e. The smallest absolute Gasteiger partial charge is 0.292 e. The normalized spacial score (nSPS) is 15.4. The molecule has 0 unspecified atom stereocenters. The maximum atomic E-state index is 12.8. The van der Waals surface area contributed by atoms with Crippen molar-refractivity contribution in [3.8, 4) is 0 Å². The van der Waals surface area contributed by atoms with Crippen LogP contribution in [0.1, 0.15) is 27.2 Å². The topological polar surface area (TPSA) is 68.4 Å². The van der Waals surface area contributed by atoms with Gasteiger partial charge >= 0.3 is 0 Å². The van der Waals surface area contributed by atoms with Gasteiger partial charge in [0.25, 0.3) is 11.7 Å². The second-order valence-electron chi connectivity index (χ2n) is 8.08. The summed E-state index contributed by atoms with van der Waals surface area (Å²) in [5.74, 6) is -1.08. The van der Waals surface area contributed by atoms with E-state index in [0.717, 1.165) is 49.2 Å². The number of Topliss-reactive ketones (excluding diaryl/α,β-unsaturated/α-hetero) is 1. The summed E-state index contributed by atoms with van der Waals surface area (Å²) >= 11 is 0. The summed E-state index contributed by atoms with van der Waals surface area (Å²) in [4.78, 5) is 33.3. The maximum Gasteiger partial charge on any atom is 0.292 e. The Morgan fingerprint density at radius 2 is 1.73 bits per heavy atom. The number of hydrogen-bond donors (Lipinski definition) is 2. The standard InChI is InChI=1S/C24H28N4O2/c1-17-22(20-8-3-4-9-21(20)26-17)23(29)24(30)25-15-18-6-5-7-19(14-18)16-28-12-10-27(2)11-13-28/h3-9,14,26H,10-13,15-16H2,1-2H3,(H,25,30). The summed E-state index contributed by atoms with van der Waals surface area (Å²) in [5, 5.41) is 3.57. The Bertz CT molecular complexity index is 1060. The molecule has 0 atom stereocenters. The van der Waals surface area contributed by atoms with Crippen molar-refractivity contribution in [1.29, 1.82) is 0 Å². The lowest BCUT2D eigenvalue weighted by molar-refractivity contribution is -0.117. The second kappa shape index (κ2) is 8.81. The molecule has 0 saturated carbocycles. The number of carbonyl (C=O) groups excluding carboxylic acids is 2. The fourth-order valence-electron chi connectivity index (χ4n) is 4.05. The Labute approximate surface area is 176 Å². The number of aromatic amines is 1. The molecule has 2 N–H and O–H groups in total. The summed E-state index contributed by atoms with van der Waals surface area (Å²) < 4.78 is 0. The fourth-order valence-corrected chi connectivity index (χ4v) is 4.05. The van der Waals surface area contributed by atoms with Crippen LogP contribution >= 0.6 is 0 Å². The Kier molecular flexibility index (Phi) is 5.97. The lowest BCUT2D eigenvalue weighted by Gasteiger charge is -2.32. The number of aryl methyl sites for hydroxylation is 1. The number of ketones is 1. The van der Waals surface area contributed by atoms with E-state index in [0.29, 0.717) is 17.8 Å². The first-order valence-corrected chi connectivity index (χ1v) is 10.4. The van der Waals surface area contributed by atoms with E-state index < -0.39 is 11.7 Å². The van der Waals surface area contributed by atoms with Gasteiger partial charge in [0.2, 0.25) is 0 Å². The SMILES string of the molecule is Cc1[nH]c2ccccc2c1C(=O)C(=O)NCc1cccc(CN2CCN(C)CC2)c1. The van der Waals surface area contributed by atoms with Crippen LogP contribution in [0, 0.1) is 6.92 Å². The summed E-state index contributed by atoms with van der Waals surface area (Å²) in [6.07, 6.45) is 0. The molecule has 6 nitrogen and oxygen atoms in total. The number of nitrogens with zero attached hydrogens (tertiary/aromatic N) is 2. The third-order valence-electron chi connectivity index (χ3n) is 5.77. The van der Waals surface area contributed by atoms with E-state index in [2.05, 4.69) is 39.3 Å². The van der Waals surface area contributed by atoms with E-state index >= 15 is 0 Å². The van der Waals surface area contributed by atoms with Crippen LogP contribution in [0.4, 0.5) is 0 Å². The first-order chi connectivity index (χ1) is 14.5. The van der Waals surface area contributed by atoms with Gasteiger partial charge in [-0.05, 0) is 31.2 Å². The van der Waals surface area contributed by atoms with Crippen LogP contribution < -0.4 is 5.32 Å². The predicted molar refractivity (Wildman–Crippen MR) is 118 cm³/mol. The van der Waals surface area contributed by atoms with Crippen LogP contribution in [0.2, 0.25) is 0 Å². The molecule has 0 aliphatic carbocycles. The first-order valence-electron chi connectivity index (χ1n) is 10.4. The molecule has 4 rings (SSSR count). The number of fused-ring (bicyclic) bond motifs is 1. The average molecular weight is 405 g/mol. The monoisotopic (exact) mass is 404 g/mol. The zero-order chi connectivity index (χ0) is 21.1. The molecule has 2 aromatic carbocycles. The van der Waals surface area contributed by atoms with Crippen molar-refractivity contribution in [2.45, 2.75) is 20.0 Å². The highest BCUT2D eigenvalue weighted by Gasteiger charge is 2.22. The Balaban J connectivity index is 1.39. The minimum Gasteiger partial charge on any atom is -0.358 e. The molecule has 1 saturated heterocycles. The molecule has 1 aliphatic heterocycles. The number of carbonyl (C=O) groups is 2. The van der Waals surface area contributed by atoms with Crippen molar-refractivity contribution in [3.63, 3.8) is 0 Å². The maximum absolute atomic E-state index is 12.8. The molecular weight excluding hydrogens is 376 g/mol. The number of likely N-dealkylation sites (N-methyl/N-ethyl adjacent to an activating group) is 1. The van der Waals surface area contributed by atoms with Crippen LogP contribution in [-0.4, -0.2) is 59.7 Å². The second-order valence-corrected chi connectivity index (χ2v) is 8.08. The fraction of sp³-hybridized carbons (Fsp3) is 0.333. The van der Waals surface area contributed by atoms with Gasteiger partial charge in [-0.1, -0.05) is 42.5 Å². The molecule has 3 aromatic rings. The molecule has 2 heterocycles. The molecule has 1 amide bonds. The minimum absolute atomic E-state index is 0.336. The van der Waals surface area contributed by atoms with Crippen molar-refractivity contribution in [2.24, 2.45) is 0 Å².